The van der Waals surface area contributed by atoms with Gasteiger partial charge in [0.2, 0.25) is 0 Å². The van der Waals surface area contributed by atoms with Gasteiger partial charge in [0.1, 0.15) is 11.5 Å². The van der Waals surface area contributed by atoms with Crippen molar-refractivity contribution in [1.29, 1.82) is 0 Å². The molecule has 0 fully saturated rings. The topological polar surface area (TPSA) is 40.5 Å². The maximum atomic E-state index is 9.91. The Hall–Kier alpha value is -3.52. The first kappa shape index (κ1) is 20.7. The Morgan fingerprint density at radius 1 is 0.452 bits per heavy atom. The maximum Gasteiger partial charge on any atom is 0.115 e. The van der Waals surface area contributed by atoms with Gasteiger partial charge in [0.05, 0.1) is 0 Å². The Kier molecular flexibility index (Phi) is 6.37. The fourth-order valence-electron chi connectivity index (χ4n) is 4.43. The Labute approximate surface area is 184 Å². The van der Waals surface area contributed by atoms with E-state index >= 15 is 0 Å². The van der Waals surface area contributed by atoms with E-state index < -0.39 is 0 Å². The van der Waals surface area contributed by atoms with Gasteiger partial charge in [-0.3, -0.25) is 0 Å². The van der Waals surface area contributed by atoms with Gasteiger partial charge < -0.3 is 10.2 Å². The van der Waals surface area contributed by atoms with E-state index in [1.165, 1.54) is 22.3 Å². The van der Waals surface area contributed by atoms with Gasteiger partial charge in [-0.2, -0.15) is 0 Å². The molecule has 4 rings (SSSR count). The van der Waals surface area contributed by atoms with Gasteiger partial charge in [0, 0.05) is 5.41 Å². The SMILES string of the molecule is Oc1ccc(CCC(CCc2ccccc2)(c2ccccc2)c2ccc(O)cc2)cc1. The average molecular weight is 409 g/mol. The van der Waals surface area contributed by atoms with Crippen LogP contribution >= 0.6 is 0 Å². The summed E-state index contributed by atoms with van der Waals surface area (Å²) in [5.41, 5.74) is 4.84. The molecule has 0 bridgehead atoms. The van der Waals surface area contributed by atoms with E-state index in [2.05, 4.69) is 72.8 Å². The highest BCUT2D eigenvalue weighted by atomic mass is 16.3. The fourth-order valence-corrected chi connectivity index (χ4v) is 4.43. The predicted octanol–water partition coefficient (Wildman–Crippen LogP) is 6.65. The zero-order valence-corrected chi connectivity index (χ0v) is 17.6. The highest BCUT2D eigenvalue weighted by Crippen LogP contribution is 2.41. The first-order valence-electron chi connectivity index (χ1n) is 10.8. The second-order valence-electron chi connectivity index (χ2n) is 8.15. The Bertz CT molecular complexity index is 1070. The molecule has 4 aromatic carbocycles. The molecule has 4 aromatic rings. The number of hydrogen-bond acceptors (Lipinski definition) is 2. The zero-order valence-electron chi connectivity index (χ0n) is 17.6. The van der Waals surface area contributed by atoms with Crippen molar-refractivity contribution in [2.45, 2.75) is 31.1 Å². The van der Waals surface area contributed by atoms with E-state index in [0.717, 1.165) is 25.7 Å². The maximum absolute atomic E-state index is 9.91. The predicted molar refractivity (Wildman–Crippen MR) is 127 cm³/mol. The minimum absolute atomic E-state index is 0.192. The van der Waals surface area contributed by atoms with Crippen molar-refractivity contribution in [3.05, 3.63) is 131 Å². The van der Waals surface area contributed by atoms with E-state index in [-0.39, 0.29) is 11.2 Å². The molecule has 0 aliphatic heterocycles. The van der Waals surface area contributed by atoms with E-state index in [4.69, 9.17) is 0 Å². The lowest BCUT2D eigenvalue weighted by atomic mass is 9.67. The van der Waals surface area contributed by atoms with Gasteiger partial charge in [-0.1, -0.05) is 84.9 Å². The summed E-state index contributed by atoms with van der Waals surface area (Å²) >= 11 is 0. The van der Waals surface area contributed by atoms with Crippen molar-refractivity contribution in [3.8, 4) is 11.5 Å². The third-order valence-electron chi connectivity index (χ3n) is 6.21. The minimum atomic E-state index is -0.192. The van der Waals surface area contributed by atoms with Crippen LogP contribution in [0.2, 0.25) is 0 Å². The van der Waals surface area contributed by atoms with Crippen molar-refractivity contribution in [1.82, 2.24) is 0 Å². The van der Waals surface area contributed by atoms with Crippen LogP contribution in [0, 0.1) is 0 Å². The summed E-state index contributed by atoms with van der Waals surface area (Å²) in [6.07, 6.45) is 3.75. The lowest BCUT2D eigenvalue weighted by Gasteiger charge is -2.36. The van der Waals surface area contributed by atoms with Crippen molar-refractivity contribution in [3.63, 3.8) is 0 Å². The van der Waals surface area contributed by atoms with Crippen LogP contribution in [0.15, 0.2) is 109 Å². The van der Waals surface area contributed by atoms with Crippen molar-refractivity contribution in [2.24, 2.45) is 0 Å². The molecule has 0 spiro atoms. The molecule has 31 heavy (non-hydrogen) atoms. The number of hydrogen-bond donors (Lipinski definition) is 2. The van der Waals surface area contributed by atoms with Gasteiger partial charge >= 0.3 is 0 Å². The van der Waals surface area contributed by atoms with Gasteiger partial charge in [-0.15, -0.1) is 0 Å². The van der Waals surface area contributed by atoms with Crippen molar-refractivity contribution in [2.75, 3.05) is 0 Å². The number of benzene rings is 4. The van der Waals surface area contributed by atoms with Crippen molar-refractivity contribution < 1.29 is 10.2 Å². The number of aromatic hydroxyl groups is 2. The van der Waals surface area contributed by atoms with Crippen LogP contribution in [-0.2, 0) is 18.3 Å². The van der Waals surface area contributed by atoms with Crippen molar-refractivity contribution >= 4 is 0 Å². The molecule has 1 atom stereocenters. The highest BCUT2D eigenvalue weighted by molar-refractivity contribution is 5.42. The van der Waals surface area contributed by atoms with Crippen LogP contribution in [0.1, 0.15) is 35.1 Å². The quantitative estimate of drug-likeness (QED) is 0.343. The summed E-state index contributed by atoms with van der Waals surface area (Å²) in [4.78, 5) is 0. The van der Waals surface area contributed by atoms with E-state index in [9.17, 15) is 10.2 Å². The summed E-state index contributed by atoms with van der Waals surface area (Å²) in [5.74, 6) is 0.577. The van der Waals surface area contributed by atoms with Crippen LogP contribution in [-0.4, -0.2) is 10.2 Å². The minimum Gasteiger partial charge on any atom is -0.508 e. The van der Waals surface area contributed by atoms with Gasteiger partial charge in [-0.05, 0) is 72.2 Å². The summed E-state index contributed by atoms with van der Waals surface area (Å²) in [5, 5.41) is 19.6. The van der Waals surface area contributed by atoms with Crippen LogP contribution in [0.3, 0.4) is 0 Å². The molecule has 0 saturated heterocycles. The van der Waals surface area contributed by atoms with E-state index in [1.807, 2.05) is 12.1 Å². The molecule has 2 heteroatoms. The van der Waals surface area contributed by atoms with E-state index in [0.29, 0.717) is 5.75 Å². The number of phenolic OH excluding ortho intramolecular Hbond substituents is 2. The first-order chi connectivity index (χ1) is 15.2. The standard InChI is InChI=1S/C29H28O2/c30-27-15-11-24(12-16-27)20-22-29(25-9-5-2-6-10-25,26-13-17-28(31)18-14-26)21-19-23-7-3-1-4-8-23/h1-18,30-31H,19-22H2. The molecule has 0 saturated carbocycles. The molecule has 0 amide bonds. The average Bonchev–Trinajstić information content (AvgIpc) is 2.82. The molecule has 1 unspecified atom stereocenters. The molecule has 0 heterocycles. The number of phenols is 2. The van der Waals surface area contributed by atoms with Crippen LogP contribution < -0.4 is 0 Å². The number of rotatable bonds is 8. The molecule has 0 aliphatic carbocycles. The Morgan fingerprint density at radius 3 is 1.42 bits per heavy atom. The van der Waals surface area contributed by atoms with Crippen LogP contribution in [0.4, 0.5) is 0 Å². The molecular weight excluding hydrogens is 380 g/mol. The van der Waals surface area contributed by atoms with E-state index in [1.54, 1.807) is 24.3 Å². The molecule has 2 nitrogen and oxygen atoms in total. The smallest absolute Gasteiger partial charge is 0.115 e. The summed E-state index contributed by atoms with van der Waals surface area (Å²) in [6.45, 7) is 0. The lowest BCUT2D eigenvalue weighted by Crippen LogP contribution is -2.29. The fraction of sp³-hybridized carbons (Fsp3) is 0.172. The highest BCUT2D eigenvalue weighted by Gasteiger charge is 2.33. The Morgan fingerprint density at radius 2 is 0.871 bits per heavy atom. The lowest BCUT2D eigenvalue weighted by molar-refractivity contribution is 0.433. The molecule has 0 radical (unpaired) electrons. The molecule has 2 N–H and O–H groups in total. The molecule has 0 aliphatic rings. The summed E-state index contributed by atoms with van der Waals surface area (Å²) in [7, 11) is 0. The number of aryl methyl sites for hydroxylation is 2. The summed E-state index contributed by atoms with van der Waals surface area (Å²) in [6, 6.07) is 36.5. The normalized spacial score (nSPS) is 12.9. The zero-order chi connectivity index (χ0) is 21.5. The first-order valence-corrected chi connectivity index (χ1v) is 10.8. The van der Waals surface area contributed by atoms with Crippen LogP contribution in [0.5, 0.6) is 11.5 Å². The van der Waals surface area contributed by atoms with Gasteiger partial charge in [-0.25, -0.2) is 0 Å². The van der Waals surface area contributed by atoms with Crippen LogP contribution in [0.25, 0.3) is 0 Å². The molecule has 156 valence electrons. The second kappa shape index (κ2) is 9.53. The van der Waals surface area contributed by atoms with Gasteiger partial charge in [0.15, 0.2) is 0 Å². The largest absolute Gasteiger partial charge is 0.508 e. The van der Waals surface area contributed by atoms with Gasteiger partial charge in [0.25, 0.3) is 0 Å². The monoisotopic (exact) mass is 408 g/mol. The Balaban J connectivity index is 1.74. The molecule has 0 aromatic heterocycles. The second-order valence-corrected chi connectivity index (χ2v) is 8.15. The third kappa shape index (κ3) is 4.97. The summed E-state index contributed by atoms with van der Waals surface area (Å²) < 4.78 is 0. The third-order valence-corrected chi connectivity index (χ3v) is 6.21. The molecular formula is C29H28O2.